The monoisotopic (exact) mass is 279 g/mol. The maximum atomic E-state index is 2.50. The topological polar surface area (TPSA) is 8.81 Å². The van der Waals surface area contributed by atoms with Gasteiger partial charge in [0.1, 0.15) is 12.4 Å². The van der Waals surface area contributed by atoms with Crippen LogP contribution in [0.4, 0.5) is 0 Å². The first-order valence-corrected chi connectivity index (χ1v) is 8.90. The number of nitrogens with zero attached hydrogens (tertiary/aromatic N) is 2. The molecule has 0 aromatic carbocycles. The lowest BCUT2D eigenvalue weighted by Crippen LogP contribution is -2.36. The van der Waals surface area contributed by atoms with E-state index in [9.17, 15) is 0 Å². The van der Waals surface area contributed by atoms with E-state index in [4.69, 9.17) is 0 Å². The van der Waals surface area contributed by atoms with Crippen LogP contribution in [0.15, 0.2) is 12.4 Å². The molecule has 0 aliphatic heterocycles. The van der Waals surface area contributed by atoms with Crippen molar-refractivity contribution < 1.29 is 4.57 Å². The minimum absolute atomic E-state index is 1.10. The number of aromatic nitrogens is 2. The molecule has 0 N–H and O–H groups in total. The molecule has 1 heterocycles. The predicted molar refractivity (Wildman–Crippen MR) is 86.9 cm³/mol. The molecule has 0 aliphatic rings. The van der Waals surface area contributed by atoms with Gasteiger partial charge in [0.05, 0.1) is 13.1 Å². The molecule has 0 spiro atoms. The van der Waals surface area contributed by atoms with E-state index in [1.807, 2.05) is 0 Å². The van der Waals surface area contributed by atoms with Crippen LogP contribution in [0.2, 0.25) is 0 Å². The molecule has 0 amide bonds. The molecular weight excluding hydrogens is 244 g/mol. The van der Waals surface area contributed by atoms with Crippen LogP contribution in [0.5, 0.6) is 0 Å². The maximum Gasteiger partial charge on any atom is 0.256 e. The molecule has 0 saturated heterocycles. The lowest BCUT2D eigenvalue weighted by Gasteiger charge is -2.04. The van der Waals surface area contributed by atoms with Gasteiger partial charge in [0.15, 0.2) is 0 Å². The van der Waals surface area contributed by atoms with Crippen LogP contribution in [0, 0.1) is 0 Å². The molecule has 1 rings (SSSR count). The molecule has 0 aliphatic carbocycles. The molecular formula is C18H35N2+. The quantitative estimate of drug-likeness (QED) is 0.380. The number of imidazole rings is 1. The second kappa shape index (κ2) is 10.9. The van der Waals surface area contributed by atoms with Gasteiger partial charge in [-0.25, -0.2) is 9.13 Å². The zero-order chi connectivity index (χ0) is 14.6. The molecule has 116 valence electrons. The van der Waals surface area contributed by atoms with Crippen LogP contribution in [0.25, 0.3) is 0 Å². The molecule has 0 bridgehead atoms. The number of rotatable bonds is 12. The summed E-state index contributed by atoms with van der Waals surface area (Å²) in [7, 11) is 0. The number of unbranched alkanes of at least 4 members (excludes halogenated alkanes) is 7. The third-order valence-electron chi connectivity index (χ3n) is 4.19. The van der Waals surface area contributed by atoms with Gasteiger partial charge >= 0.3 is 0 Å². The molecule has 1 aromatic heterocycles. The summed E-state index contributed by atoms with van der Waals surface area (Å²) in [5, 5.41) is 0. The van der Waals surface area contributed by atoms with E-state index in [0.29, 0.717) is 0 Å². The Bertz CT molecular complexity index is 341. The minimum atomic E-state index is 1.10. The number of hydrogen-bond acceptors (Lipinski definition) is 0. The van der Waals surface area contributed by atoms with E-state index in [2.05, 4.69) is 42.3 Å². The minimum Gasteiger partial charge on any atom is -0.235 e. The van der Waals surface area contributed by atoms with E-state index in [-0.39, 0.29) is 0 Å². The highest BCUT2D eigenvalue weighted by molar-refractivity contribution is 4.84. The van der Waals surface area contributed by atoms with Gasteiger partial charge in [-0.3, -0.25) is 0 Å². The normalized spacial score (nSPS) is 11.2. The molecule has 2 nitrogen and oxygen atoms in total. The van der Waals surface area contributed by atoms with Gasteiger partial charge < -0.3 is 0 Å². The fraction of sp³-hybridized carbons (Fsp3) is 0.833. The first-order chi connectivity index (χ1) is 9.83. The van der Waals surface area contributed by atoms with Crippen molar-refractivity contribution in [2.24, 2.45) is 0 Å². The lowest BCUT2D eigenvalue weighted by atomic mass is 10.1. The summed E-state index contributed by atoms with van der Waals surface area (Å²) >= 11 is 0. The van der Waals surface area contributed by atoms with Gasteiger partial charge in [-0.1, -0.05) is 52.4 Å². The first-order valence-electron chi connectivity index (χ1n) is 8.90. The van der Waals surface area contributed by atoms with Crippen LogP contribution in [0.3, 0.4) is 0 Å². The van der Waals surface area contributed by atoms with Crippen LogP contribution in [-0.4, -0.2) is 4.57 Å². The molecule has 0 fully saturated rings. The Morgan fingerprint density at radius 1 is 0.850 bits per heavy atom. The number of aryl methyl sites for hydroxylation is 2. The fourth-order valence-electron chi connectivity index (χ4n) is 2.87. The van der Waals surface area contributed by atoms with Crippen LogP contribution < -0.4 is 4.57 Å². The fourth-order valence-corrected chi connectivity index (χ4v) is 2.87. The predicted octanol–water partition coefficient (Wildman–Crippen LogP) is 4.89. The molecule has 2 heteroatoms. The van der Waals surface area contributed by atoms with Crippen molar-refractivity contribution in [2.45, 2.75) is 98.1 Å². The molecule has 0 saturated carbocycles. The smallest absolute Gasteiger partial charge is 0.235 e. The van der Waals surface area contributed by atoms with Gasteiger partial charge in [0.25, 0.3) is 5.82 Å². The van der Waals surface area contributed by atoms with Crippen LogP contribution >= 0.6 is 0 Å². The van der Waals surface area contributed by atoms with E-state index >= 15 is 0 Å². The summed E-state index contributed by atoms with van der Waals surface area (Å²) in [4.78, 5) is 0. The Morgan fingerprint density at radius 3 is 2.20 bits per heavy atom. The SMILES string of the molecule is CCCCCCCCn1cc[n+](CC)c1CCCCC. The van der Waals surface area contributed by atoms with Gasteiger partial charge in [-0.15, -0.1) is 0 Å². The molecule has 20 heavy (non-hydrogen) atoms. The standard InChI is InChI=1S/C18H35N2/c1-4-7-9-10-11-13-15-20-17-16-19(6-3)18(20)14-12-8-5-2/h16-17H,4-15H2,1-3H3/q+1. The van der Waals surface area contributed by atoms with Crippen molar-refractivity contribution in [3.63, 3.8) is 0 Å². The summed E-state index contributed by atoms with van der Waals surface area (Å²) < 4.78 is 4.92. The summed E-state index contributed by atoms with van der Waals surface area (Å²) in [5.74, 6) is 1.54. The third kappa shape index (κ3) is 6.11. The second-order valence-electron chi connectivity index (χ2n) is 5.92. The summed E-state index contributed by atoms with van der Waals surface area (Å²) in [6, 6.07) is 0. The van der Waals surface area contributed by atoms with E-state index in [1.54, 1.807) is 0 Å². The molecule has 0 radical (unpaired) electrons. The van der Waals surface area contributed by atoms with Gasteiger partial charge in [0, 0.05) is 6.42 Å². The van der Waals surface area contributed by atoms with Gasteiger partial charge in [-0.05, 0) is 26.2 Å². The lowest BCUT2D eigenvalue weighted by molar-refractivity contribution is -0.700. The average Bonchev–Trinajstić information content (AvgIpc) is 2.85. The Hall–Kier alpha value is -0.790. The molecule has 0 unspecified atom stereocenters. The Kier molecular flexibility index (Phi) is 9.44. The first kappa shape index (κ1) is 17.3. The van der Waals surface area contributed by atoms with Crippen molar-refractivity contribution >= 4 is 0 Å². The van der Waals surface area contributed by atoms with Crippen molar-refractivity contribution in [1.82, 2.24) is 4.57 Å². The third-order valence-corrected chi connectivity index (χ3v) is 4.19. The Balaban J connectivity index is 2.37. The van der Waals surface area contributed by atoms with E-state index in [0.717, 1.165) is 6.54 Å². The van der Waals surface area contributed by atoms with Crippen molar-refractivity contribution in [3.05, 3.63) is 18.2 Å². The van der Waals surface area contributed by atoms with Gasteiger partial charge in [0.2, 0.25) is 0 Å². The zero-order valence-electron chi connectivity index (χ0n) is 14.0. The largest absolute Gasteiger partial charge is 0.256 e. The summed E-state index contributed by atoms with van der Waals surface area (Å²) in [5.41, 5.74) is 0. The number of hydrogen-bond donors (Lipinski definition) is 0. The second-order valence-corrected chi connectivity index (χ2v) is 5.92. The van der Waals surface area contributed by atoms with E-state index in [1.165, 1.54) is 76.6 Å². The highest BCUT2D eigenvalue weighted by atomic mass is 15.1. The van der Waals surface area contributed by atoms with Crippen molar-refractivity contribution in [3.8, 4) is 0 Å². The van der Waals surface area contributed by atoms with Crippen molar-refractivity contribution in [2.75, 3.05) is 0 Å². The summed E-state index contributed by atoms with van der Waals surface area (Å²) in [6.45, 7) is 9.12. The molecule has 0 atom stereocenters. The van der Waals surface area contributed by atoms with Crippen LogP contribution in [0.1, 0.15) is 84.4 Å². The molecule has 1 aromatic rings. The van der Waals surface area contributed by atoms with E-state index < -0.39 is 0 Å². The highest BCUT2D eigenvalue weighted by Gasteiger charge is 2.14. The maximum absolute atomic E-state index is 2.50. The summed E-state index contributed by atoms with van der Waals surface area (Å²) in [6.07, 6.45) is 18.1. The zero-order valence-corrected chi connectivity index (χ0v) is 14.0. The Labute approximate surface area is 126 Å². The van der Waals surface area contributed by atoms with Crippen LogP contribution in [-0.2, 0) is 19.5 Å². The van der Waals surface area contributed by atoms with Gasteiger partial charge in [-0.2, -0.15) is 0 Å². The highest BCUT2D eigenvalue weighted by Crippen LogP contribution is 2.09. The average molecular weight is 279 g/mol. The Morgan fingerprint density at radius 2 is 1.50 bits per heavy atom. The van der Waals surface area contributed by atoms with Crippen molar-refractivity contribution in [1.29, 1.82) is 0 Å².